The Bertz CT molecular complexity index is 329. The van der Waals surface area contributed by atoms with Crippen LogP contribution >= 0.6 is 0 Å². The molecule has 1 aromatic heterocycles. The summed E-state index contributed by atoms with van der Waals surface area (Å²) in [4.78, 5) is 8.90. The number of pyridine rings is 1. The molecule has 1 aliphatic heterocycles. The number of likely N-dealkylation sites (N-methyl/N-ethyl adjacent to an activating group) is 1. The highest BCUT2D eigenvalue weighted by atomic mass is 15.2. The van der Waals surface area contributed by atoms with Crippen LogP contribution in [0.4, 0.5) is 11.5 Å². The Kier molecular flexibility index (Phi) is 4.17. The van der Waals surface area contributed by atoms with Crippen LogP contribution in [0.5, 0.6) is 0 Å². The molecule has 0 spiro atoms. The summed E-state index contributed by atoms with van der Waals surface area (Å²) in [7, 11) is 2.18. The summed E-state index contributed by atoms with van der Waals surface area (Å²) in [6.07, 6.45) is 1.78. The van der Waals surface area contributed by atoms with Crippen LogP contribution in [0.3, 0.4) is 0 Å². The molecule has 0 bridgehead atoms. The van der Waals surface area contributed by atoms with Crippen molar-refractivity contribution in [3.8, 4) is 0 Å². The van der Waals surface area contributed by atoms with Gasteiger partial charge in [0.15, 0.2) is 0 Å². The molecule has 94 valence electrons. The van der Waals surface area contributed by atoms with Gasteiger partial charge in [-0.2, -0.15) is 0 Å². The summed E-state index contributed by atoms with van der Waals surface area (Å²) < 4.78 is 0. The second kappa shape index (κ2) is 5.84. The number of hydrogen-bond donors (Lipinski definition) is 2. The minimum atomic E-state index is 0.564. The number of nitrogens with two attached hydrogens (primary N) is 1. The minimum Gasteiger partial charge on any atom is -0.384 e. The maximum atomic E-state index is 5.53. The average Bonchev–Trinajstić information content (AvgIpc) is 2.34. The first kappa shape index (κ1) is 12.1. The van der Waals surface area contributed by atoms with Crippen LogP contribution in [0.2, 0.25) is 0 Å². The Hall–Kier alpha value is -1.33. The highest BCUT2D eigenvalue weighted by Gasteiger charge is 2.12. The van der Waals surface area contributed by atoms with Crippen LogP contribution in [0.1, 0.15) is 0 Å². The second-order valence-electron chi connectivity index (χ2n) is 4.54. The topological polar surface area (TPSA) is 57.4 Å². The second-order valence-corrected chi connectivity index (χ2v) is 4.54. The van der Waals surface area contributed by atoms with E-state index in [-0.39, 0.29) is 0 Å². The van der Waals surface area contributed by atoms with Crippen LogP contribution in [-0.2, 0) is 0 Å². The van der Waals surface area contributed by atoms with Crippen LogP contribution in [0.25, 0.3) is 0 Å². The largest absolute Gasteiger partial charge is 0.384 e. The van der Waals surface area contributed by atoms with E-state index in [0.29, 0.717) is 5.82 Å². The molecule has 1 aromatic rings. The van der Waals surface area contributed by atoms with Crippen molar-refractivity contribution < 1.29 is 0 Å². The molecule has 0 unspecified atom stereocenters. The molecule has 1 fully saturated rings. The molecule has 0 amide bonds. The zero-order valence-corrected chi connectivity index (χ0v) is 10.4. The number of nitrogen functional groups attached to an aromatic ring is 1. The van der Waals surface area contributed by atoms with Crippen molar-refractivity contribution in [1.29, 1.82) is 0 Å². The molecular formula is C12H21N5. The van der Waals surface area contributed by atoms with Gasteiger partial charge in [0, 0.05) is 39.3 Å². The fraction of sp³-hybridized carbons (Fsp3) is 0.583. The van der Waals surface area contributed by atoms with Gasteiger partial charge in [0.25, 0.3) is 0 Å². The molecule has 1 saturated heterocycles. The number of anilines is 2. The van der Waals surface area contributed by atoms with Crippen molar-refractivity contribution in [2.75, 3.05) is 57.4 Å². The van der Waals surface area contributed by atoms with Gasteiger partial charge in [-0.15, -0.1) is 0 Å². The molecule has 5 nitrogen and oxygen atoms in total. The van der Waals surface area contributed by atoms with E-state index in [1.54, 1.807) is 6.20 Å². The minimum absolute atomic E-state index is 0.564. The van der Waals surface area contributed by atoms with Crippen LogP contribution in [0.15, 0.2) is 18.3 Å². The number of piperazine rings is 1. The van der Waals surface area contributed by atoms with E-state index < -0.39 is 0 Å². The summed E-state index contributed by atoms with van der Waals surface area (Å²) in [5, 5.41) is 3.36. The molecular weight excluding hydrogens is 214 g/mol. The SMILES string of the molecule is CN1CCN(CCNc2ccc(N)nc2)CC1. The lowest BCUT2D eigenvalue weighted by Gasteiger charge is -2.32. The van der Waals surface area contributed by atoms with Crippen molar-refractivity contribution in [3.63, 3.8) is 0 Å². The van der Waals surface area contributed by atoms with Gasteiger partial charge in [-0.25, -0.2) is 4.98 Å². The Morgan fingerprint density at radius 3 is 2.71 bits per heavy atom. The number of rotatable bonds is 4. The predicted octanol–water partition coefficient (Wildman–Crippen LogP) is 0.323. The summed E-state index contributed by atoms with van der Waals surface area (Å²) in [5.74, 6) is 0.564. The van der Waals surface area contributed by atoms with Crippen molar-refractivity contribution in [2.45, 2.75) is 0 Å². The van der Waals surface area contributed by atoms with E-state index >= 15 is 0 Å². The lowest BCUT2D eigenvalue weighted by molar-refractivity contribution is 0.158. The van der Waals surface area contributed by atoms with Crippen molar-refractivity contribution in [3.05, 3.63) is 18.3 Å². The Labute approximate surface area is 103 Å². The molecule has 3 N–H and O–H groups in total. The van der Waals surface area contributed by atoms with Crippen LogP contribution in [-0.4, -0.2) is 61.1 Å². The Morgan fingerprint density at radius 2 is 2.06 bits per heavy atom. The van der Waals surface area contributed by atoms with E-state index in [2.05, 4.69) is 27.1 Å². The molecule has 17 heavy (non-hydrogen) atoms. The highest BCUT2D eigenvalue weighted by molar-refractivity contribution is 5.45. The Balaban J connectivity index is 1.67. The molecule has 2 rings (SSSR count). The van der Waals surface area contributed by atoms with E-state index in [9.17, 15) is 0 Å². The summed E-state index contributed by atoms with van der Waals surface area (Å²) in [5.41, 5.74) is 6.57. The van der Waals surface area contributed by atoms with Gasteiger partial charge in [0.05, 0.1) is 11.9 Å². The van der Waals surface area contributed by atoms with Crippen molar-refractivity contribution >= 4 is 11.5 Å². The monoisotopic (exact) mass is 235 g/mol. The lowest BCUT2D eigenvalue weighted by atomic mass is 10.3. The maximum Gasteiger partial charge on any atom is 0.123 e. The number of nitrogens with one attached hydrogen (secondary N) is 1. The third-order valence-electron chi connectivity index (χ3n) is 3.14. The first-order chi connectivity index (χ1) is 8.24. The first-order valence-corrected chi connectivity index (χ1v) is 6.10. The molecule has 1 aliphatic rings. The predicted molar refractivity (Wildman–Crippen MR) is 71.1 cm³/mol. The zero-order valence-electron chi connectivity index (χ0n) is 10.4. The van der Waals surface area contributed by atoms with Gasteiger partial charge in [-0.05, 0) is 19.2 Å². The molecule has 0 radical (unpaired) electrons. The third kappa shape index (κ3) is 3.87. The number of hydrogen-bond acceptors (Lipinski definition) is 5. The fourth-order valence-corrected chi connectivity index (χ4v) is 1.94. The third-order valence-corrected chi connectivity index (χ3v) is 3.14. The van der Waals surface area contributed by atoms with Crippen LogP contribution < -0.4 is 11.1 Å². The molecule has 2 heterocycles. The lowest BCUT2D eigenvalue weighted by Crippen LogP contribution is -2.45. The quantitative estimate of drug-likeness (QED) is 0.787. The molecule has 0 aromatic carbocycles. The van der Waals surface area contributed by atoms with Crippen molar-refractivity contribution in [1.82, 2.24) is 14.8 Å². The fourth-order valence-electron chi connectivity index (χ4n) is 1.94. The first-order valence-electron chi connectivity index (χ1n) is 6.10. The smallest absolute Gasteiger partial charge is 0.123 e. The number of aromatic nitrogens is 1. The zero-order chi connectivity index (χ0) is 12.1. The van der Waals surface area contributed by atoms with Gasteiger partial charge >= 0.3 is 0 Å². The molecule has 0 aliphatic carbocycles. The van der Waals surface area contributed by atoms with Gasteiger partial charge in [-0.3, -0.25) is 4.90 Å². The van der Waals surface area contributed by atoms with Crippen LogP contribution in [0, 0.1) is 0 Å². The van der Waals surface area contributed by atoms with E-state index in [1.807, 2.05) is 12.1 Å². The standard InChI is InChI=1S/C12H21N5/c1-16-6-8-17(9-7-16)5-4-14-11-2-3-12(13)15-10-11/h2-3,10,14H,4-9H2,1H3,(H2,13,15). The van der Waals surface area contributed by atoms with Gasteiger partial charge < -0.3 is 16.0 Å². The normalized spacial score (nSPS) is 18.2. The van der Waals surface area contributed by atoms with E-state index in [4.69, 9.17) is 5.73 Å². The average molecular weight is 235 g/mol. The molecule has 5 heteroatoms. The van der Waals surface area contributed by atoms with Gasteiger partial charge in [0.2, 0.25) is 0 Å². The van der Waals surface area contributed by atoms with Gasteiger partial charge in [0.1, 0.15) is 5.82 Å². The van der Waals surface area contributed by atoms with E-state index in [1.165, 1.54) is 13.1 Å². The number of nitrogens with zero attached hydrogens (tertiary/aromatic N) is 3. The summed E-state index contributed by atoms with van der Waals surface area (Å²) >= 11 is 0. The van der Waals surface area contributed by atoms with Gasteiger partial charge in [-0.1, -0.05) is 0 Å². The summed E-state index contributed by atoms with van der Waals surface area (Å²) in [6.45, 7) is 6.71. The Morgan fingerprint density at radius 1 is 1.29 bits per heavy atom. The van der Waals surface area contributed by atoms with Crippen molar-refractivity contribution in [2.24, 2.45) is 0 Å². The highest BCUT2D eigenvalue weighted by Crippen LogP contribution is 2.06. The maximum absolute atomic E-state index is 5.53. The molecule has 0 saturated carbocycles. The summed E-state index contributed by atoms with van der Waals surface area (Å²) in [6, 6.07) is 3.78. The van der Waals surface area contributed by atoms with E-state index in [0.717, 1.165) is 31.9 Å². The molecule has 0 atom stereocenters.